The molecule has 0 saturated heterocycles. The van der Waals surface area contributed by atoms with Crippen LogP contribution in [0.5, 0.6) is 0 Å². The standard InChI is InChI=1S/C14H22N2O3/c1-2-11(6-9-15)16-12(17)10-14(13(18)19)7-4-3-5-8-14/h11H,2-8,10H2,1H3,(H,16,17)(H,18,19). The van der Waals surface area contributed by atoms with Crippen molar-refractivity contribution in [2.75, 3.05) is 0 Å². The van der Waals surface area contributed by atoms with Gasteiger partial charge in [-0.05, 0) is 19.3 Å². The molecule has 0 spiro atoms. The number of carboxylic acid groups (broad SMARTS) is 1. The number of nitriles is 1. The summed E-state index contributed by atoms with van der Waals surface area (Å²) < 4.78 is 0. The smallest absolute Gasteiger partial charge is 0.310 e. The van der Waals surface area contributed by atoms with E-state index in [1.807, 2.05) is 13.0 Å². The topological polar surface area (TPSA) is 90.2 Å². The minimum absolute atomic E-state index is 0.0320. The van der Waals surface area contributed by atoms with Crippen LogP contribution in [0.25, 0.3) is 0 Å². The lowest BCUT2D eigenvalue weighted by atomic mass is 9.71. The number of hydrogen-bond donors (Lipinski definition) is 2. The fourth-order valence-electron chi connectivity index (χ4n) is 2.69. The van der Waals surface area contributed by atoms with Gasteiger partial charge in [-0.2, -0.15) is 5.26 Å². The van der Waals surface area contributed by atoms with E-state index >= 15 is 0 Å². The van der Waals surface area contributed by atoms with Crippen molar-refractivity contribution in [3.05, 3.63) is 0 Å². The molecule has 19 heavy (non-hydrogen) atoms. The predicted molar refractivity (Wildman–Crippen MR) is 70.2 cm³/mol. The van der Waals surface area contributed by atoms with Crippen molar-refractivity contribution in [1.82, 2.24) is 5.32 Å². The second-order valence-electron chi connectivity index (χ2n) is 5.36. The SMILES string of the molecule is CCC(CC#N)NC(=O)CC1(C(=O)O)CCCCC1. The maximum atomic E-state index is 12.0. The molecule has 1 aliphatic rings. The van der Waals surface area contributed by atoms with E-state index in [1.54, 1.807) is 0 Å². The molecule has 0 aromatic carbocycles. The Labute approximate surface area is 114 Å². The first-order valence-electron chi connectivity index (χ1n) is 6.94. The zero-order valence-electron chi connectivity index (χ0n) is 11.4. The van der Waals surface area contributed by atoms with Gasteiger partial charge >= 0.3 is 5.97 Å². The van der Waals surface area contributed by atoms with Gasteiger partial charge in [0.15, 0.2) is 0 Å². The van der Waals surface area contributed by atoms with Crippen LogP contribution in [-0.4, -0.2) is 23.0 Å². The first-order chi connectivity index (χ1) is 9.04. The van der Waals surface area contributed by atoms with Crippen molar-refractivity contribution in [3.63, 3.8) is 0 Å². The van der Waals surface area contributed by atoms with Gasteiger partial charge in [0.05, 0.1) is 17.9 Å². The normalized spacial score (nSPS) is 19.2. The van der Waals surface area contributed by atoms with Gasteiger partial charge in [0.25, 0.3) is 0 Å². The lowest BCUT2D eigenvalue weighted by molar-refractivity contribution is -0.154. The Hall–Kier alpha value is -1.57. The van der Waals surface area contributed by atoms with E-state index in [4.69, 9.17) is 5.26 Å². The molecule has 1 rings (SSSR count). The summed E-state index contributed by atoms with van der Waals surface area (Å²) in [6.07, 6.45) is 4.91. The summed E-state index contributed by atoms with van der Waals surface area (Å²) in [6, 6.07) is 1.85. The molecule has 1 atom stereocenters. The predicted octanol–water partition coefficient (Wildman–Crippen LogP) is 2.22. The number of carbonyl (C=O) groups excluding carboxylic acids is 1. The summed E-state index contributed by atoms with van der Waals surface area (Å²) in [4.78, 5) is 23.4. The number of carboxylic acids is 1. The number of nitrogens with zero attached hydrogens (tertiary/aromatic N) is 1. The lowest BCUT2D eigenvalue weighted by Gasteiger charge is -2.32. The van der Waals surface area contributed by atoms with Gasteiger partial charge in [0.1, 0.15) is 0 Å². The quantitative estimate of drug-likeness (QED) is 0.771. The largest absolute Gasteiger partial charge is 0.481 e. The number of carbonyl (C=O) groups is 2. The van der Waals surface area contributed by atoms with E-state index < -0.39 is 11.4 Å². The third kappa shape index (κ3) is 4.23. The highest BCUT2D eigenvalue weighted by atomic mass is 16.4. The zero-order chi connectivity index (χ0) is 14.3. The average Bonchev–Trinajstić information content (AvgIpc) is 2.39. The van der Waals surface area contributed by atoms with Gasteiger partial charge in [-0.1, -0.05) is 26.2 Å². The molecule has 0 radical (unpaired) electrons. The first-order valence-corrected chi connectivity index (χ1v) is 6.94. The van der Waals surface area contributed by atoms with Crippen LogP contribution in [0.1, 0.15) is 58.3 Å². The molecule has 1 saturated carbocycles. The van der Waals surface area contributed by atoms with Crippen molar-refractivity contribution in [3.8, 4) is 6.07 Å². The van der Waals surface area contributed by atoms with Gasteiger partial charge in [-0.25, -0.2) is 0 Å². The van der Waals surface area contributed by atoms with E-state index in [1.165, 1.54) is 0 Å². The van der Waals surface area contributed by atoms with Gasteiger partial charge in [-0.15, -0.1) is 0 Å². The Morgan fingerprint density at radius 1 is 1.37 bits per heavy atom. The average molecular weight is 266 g/mol. The van der Waals surface area contributed by atoms with Crippen molar-refractivity contribution in [1.29, 1.82) is 5.26 Å². The molecule has 1 fully saturated rings. The number of hydrogen-bond acceptors (Lipinski definition) is 3. The highest BCUT2D eigenvalue weighted by Gasteiger charge is 2.41. The van der Waals surface area contributed by atoms with Crippen LogP contribution in [0.4, 0.5) is 0 Å². The molecule has 0 aromatic rings. The van der Waals surface area contributed by atoms with Crippen LogP contribution < -0.4 is 5.32 Å². The third-order valence-electron chi connectivity index (χ3n) is 3.96. The Bertz CT molecular complexity index is 367. The van der Waals surface area contributed by atoms with Crippen LogP contribution in [0.3, 0.4) is 0 Å². The second-order valence-corrected chi connectivity index (χ2v) is 5.36. The Morgan fingerprint density at radius 2 is 2.00 bits per heavy atom. The zero-order valence-corrected chi connectivity index (χ0v) is 11.4. The number of rotatable bonds is 6. The van der Waals surface area contributed by atoms with Crippen molar-refractivity contribution in [2.45, 2.75) is 64.3 Å². The number of amides is 1. The Morgan fingerprint density at radius 3 is 2.47 bits per heavy atom. The first kappa shape index (κ1) is 15.5. The molecule has 106 valence electrons. The summed E-state index contributed by atoms with van der Waals surface area (Å²) in [6.45, 7) is 1.90. The minimum Gasteiger partial charge on any atom is -0.481 e. The van der Waals surface area contributed by atoms with Gasteiger partial charge in [0, 0.05) is 12.5 Å². The Balaban J connectivity index is 2.62. The number of nitrogens with one attached hydrogen (secondary N) is 1. The highest BCUT2D eigenvalue weighted by Crippen LogP contribution is 2.39. The van der Waals surface area contributed by atoms with E-state index in [2.05, 4.69) is 5.32 Å². The fraction of sp³-hybridized carbons (Fsp3) is 0.786. The third-order valence-corrected chi connectivity index (χ3v) is 3.96. The van der Waals surface area contributed by atoms with Crippen LogP contribution in [-0.2, 0) is 9.59 Å². The fourth-order valence-corrected chi connectivity index (χ4v) is 2.69. The monoisotopic (exact) mass is 266 g/mol. The lowest BCUT2D eigenvalue weighted by Crippen LogP contribution is -2.42. The molecular weight excluding hydrogens is 244 g/mol. The summed E-state index contributed by atoms with van der Waals surface area (Å²) in [5, 5.41) is 20.8. The highest BCUT2D eigenvalue weighted by molar-refractivity contribution is 5.85. The number of aliphatic carboxylic acids is 1. The molecule has 1 aliphatic carbocycles. The van der Waals surface area contributed by atoms with Gasteiger partial charge in [-0.3, -0.25) is 9.59 Å². The van der Waals surface area contributed by atoms with Crippen molar-refractivity contribution in [2.24, 2.45) is 5.41 Å². The molecular formula is C14H22N2O3. The minimum atomic E-state index is -0.896. The molecule has 0 aliphatic heterocycles. The molecule has 2 N–H and O–H groups in total. The maximum Gasteiger partial charge on any atom is 0.310 e. The molecule has 0 heterocycles. The Kier molecular flexibility index (Phi) is 5.81. The van der Waals surface area contributed by atoms with Crippen molar-refractivity contribution < 1.29 is 14.7 Å². The van der Waals surface area contributed by atoms with Crippen LogP contribution in [0.15, 0.2) is 0 Å². The van der Waals surface area contributed by atoms with E-state index in [-0.39, 0.29) is 24.8 Å². The summed E-state index contributed by atoms with van der Waals surface area (Å²) in [7, 11) is 0. The van der Waals surface area contributed by atoms with Crippen LogP contribution in [0, 0.1) is 16.7 Å². The second kappa shape index (κ2) is 7.13. The van der Waals surface area contributed by atoms with E-state index in [9.17, 15) is 14.7 Å². The maximum absolute atomic E-state index is 12.0. The summed E-state index contributed by atoms with van der Waals surface area (Å²) in [5.74, 6) is -1.11. The molecule has 1 amide bonds. The van der Waals surface area contributed by atoms with Crippen molar-refractivity contribution >= 4 is 11.9 Å². The van der Waals surface area contributed by atoms with E-state index in [0.29, 0.717) is 19.3 Å². The van der Waals surface area contributed by atoms with Crippen LogP contribution >= 0.6 is 0 Å². The summed E-state index contributed by atoms with van der Waals surface area (Å²) >= 11 is 0. The molecule has 0 bridgehead atoms. The molecule has 0 aromatic heterocycles. The molecule has 5 heteroatoms. The van der Waals surface area contributed by atoms with Gasteiger partial charge < -0.3 is 10.4 Å². The summed E-state index contributed by atoms with van der Waals surface area (Å²) in [5.41, 5.74) is -0.896. The van der Waals surface area contributed by atoms with E-state index in [0.717, 1.165) is 19.3 Å². The molecule has 1 unspecified atom stereocenters. The van der Waals surface area contributed by atoms with Crippen LogP contribution in [0.2, 0.25) is 0 Å². The molecule has 5 nitrogen and oxygen atoms in total. The van der Waals surface area contributed by atoms with Gasteiger partial charge in [0.2, 0.25) is 5.91 Å².